The van der Waals surface area contributed by atoms with Crippen molar-refractivity contribution in [2.75, 3.05) is 18.0 Å². The van der Waals surface area contributed by atoms with E-state index in [9.17, 15) is 23.3 Å². The van der Waals surface area contributed by atoms with Crippen molar-refractivity contribution in [1.82, 2.24) is 0 Å². The monoisotopic (exact) mass is 289 g/mol. The van der Waals surface area contributed by atoms with Gasteiger partial charge in [-0.3, -0.25) is 10.1 Å². The number of hydrogen-bond acceptors (Lipinski definition) is 4. The number of anilines is 1. The Hall–Kier alpha value is -1.83. The largest absolute Gasteiger partial charge is 0.407 e. The highest BCUT2D eigenvalue weighted by molar-refractivity contribution is 5.65. The van der Waals surface area contributed by atoms with E-state index >= 15 is 0 Å². The Morgan fingerprint density at radius 3 is 2.40 bits per heavy atom. The van der Waals surface area contributed by atoms with Crippen LogP contribution in [-0.2, 0) is 0 Å². The van der Waals surface area contributed by atoms with Gasteiger partial charge in [0.05, 0.1) is 4.92 Å². The summed E-state index contributed by atoms with van der Waals surface area (Å²) in [6, 6.07) is 1.27. The lowest BCUT2D eigenvalue weighted by molar-refractivity contribution is -0.384. The highest BCUT2D eigenvalue weighted by Gasteiger charge is 2.39. The van der Waals surface area contributed by atoms with Crippen LogP contribution in [0, 0.1) is 10.1 Å². The van der Waals surface area contributed by atoms with E-state index in [0.29, 0.717) is 18.8 Å². The molecule has 0 radical (unpaired) electrons. The Labute approximate surface area is 113 Å². The van der Waals surface area contributed by atoms with Gasteiger partial charge in [0, 0.05) is 19.2 Å². The fourth-order valence-electron chi connectivity index (χ4n) is 2.29. The molecule has 0 bridgehead atoms. The summed E-state index contributed by atoms with van der Waals surface area (Å²) in [4.78, 5) is 12.2. The van der Waals surface area contributed by atoms with Gasteiger partial charge in [0.15, 0.2) is 0 Å². The standard InChI is InChI=1S/C12H14F3N3O2/c13-12(14,15)11(16)8-3-4-9(10(7-8)18(19)20)17-5-1-2-6-17/h3-4,7,11H,1-2,5-6,16H2/t11-/m1/s1. The van der Waals surface area contributed by atoms with E-state index in [-0.39, 0.29) is 11.3 Å². The van der Waals surface area contributed by atoms with E-state index < -0.39 is 17.1 Å². The fraction of sp³-hybridized carbons (Fsp3) is 0.500. The predicted octanol–water partition coefficient (Wildman–Crippen LogP) is 2.76. The van der Waals surface area contributed by atoms with Gasteiger partial charge in [0.1, 0.15) is 11.7 Å². The highest BCUT2D eigenvalue weighted by atomic mass is 19.4. The lowest BCUT2D eigenvalue weighted by Gasteiger charge is -2.20. The molecule has 110 valence electrons. The summed E-state index contributed by atoms with van der Waals surface area (Å²) in [5, 5.41) is 11.1. The Morgan fingerprint density at radius 2 is 1.90 bits per heavy atom. The minimum atomic E-state index is -4.62. The zero-order valence-corrected chi connectivity index (χ0v) is 10.6. The van der Waals surface area contributed by atoms with Gasteiger partial charge in [-0.2, -0.15) is 13.2 Å². The van der Waals surface area contributed by atoms with Crippen LogP contribution < -0.4 is 10.6 Å². The fourth-order valence-corrected chi connectivity index (χ4v) is 2.29. The second kappa shape index (κ2) is 5.28. The third-order valence-corrected chi connectivity index (χ3v) is 3.35. The minimum absolute atomic E-state index is 0.299. The van der Waals surface area contributed by atoms with Crippen LogP contribution in [0.4, 0.5) is 24.5 Å². The van der Waals surface area contributed by atoms with Crippen LogP contribution in [0.15, 0.2) is 18.2 Å². The van der Waals surface area contributed by atoms with Gasteiger partial charge in [0.2, 0.25) is 0 Å². The number of benzene rings is 1. The van der Waals surface area contributed by atoms with Crippen molar-refractivity contribution in [2.24, 2.45) is 5.73 Å². The predicted molar refractivity (Wildman–Crippen MR) is 67.5 cm³/mol. The number of nitro groups is 1. The molecule has 0 aliphatic carbocycles. The Balaban J connectivity index is 2.40. The van der Waals surface area contributed by atoms with Crippen molar-refractivity contribution in [2.45, 2.75) is 25.1 Å². The van der Waals surface area contributed by atoms with Crippen LogP contribution in [0.1, 0.15) is 24.4 Å². The van der Waals surface area contributed by atoms with Crippen molar-refractivity contribution >= 4 is 11.4 Å². The molecule has 1 atom stereocenters. The molecule has 20 heavy (non-hydrogen) atoms. The summed E-state index contributed by atoms with van der Waals surface area (Å²) in [5.41, 5.74) is 4.81. The lowest BCUT2D eigenvalue weighted by Crippen LogP contribution is -2.28. The topological polar surface area (TPSA) is 72.4 Å². The molecule has 0 unspecified atom stereocenters. The van der Waals surface area contributed by atoms with E-state index in [1.807, 2.05) is 0 Å². The maximum Gasteiger partial charge on any atom is 0.407 e. The van der Waals surface area contributed by atoms with Gasteiger partial charge in [-0.1, -0.05) is 6.07 Å². The number of rotatable bonds is 3. The third-order valence-electron chi connectivity index (χ3n) is 3.35. The van der Waals surface area contributed by atoms with E-state index in [2.05, 4.69) is 0 Å². The van der Waals surface area contributed by atoms with Gasteiger partial charge >= 0.3 is 6.18 Å². The minimum Gasteiger partial charge on any atom is -0.366 e. The molecular weight excluding hydrogens is 275 g/mol. The molecule has 2 N–H and O–H groups in total. The maximum atomic E-state index is 12.6. The summed E-state index contributed by atoms with van der Waals surface area (Å²) in [6.45, 7) is 1.34. The molecule has 1 aromatic rings. The normalized spacial score (nSPS) is 17.3. The quantitative estimate of drug-likeness (QED) is 0.686. The molecule has 1 aliphatic rings. The van der Waals surface area contributed by atoms with Crippen LogP contribution in [0.5, 0.6) is 0 Å². The number of alkyl halides is 3. The van der Waals surface area contributed by atoms with E-state index in [0.717, 1.165) is 18.9 Å². The van der Waals surface area contributed by atoms with Gasteiger partial charge in [-0.25, -0.2) is 0 Å². The third kappa shape index (κ3) is 2.84. The molecule has 1 saturated heterocycles. The van der Waals surface area contributed by atoms with Crippen LogP contribution >= 0.6 is 0 Å². The first-order valence-electron chi connectivity index (χ1n) is 6.16. The van der Waals surface area contributed by atoms with Crippen LogP contribution in [0.25, 0.3) is 0 Å². The summed E-state index contributed by atoms with van der Waals surface area (Å²) < 4.78 is 37.7. The SMILES string of the molecule is N[C@H](c1ccc(N2CCCC2)c([N+](=O)[O-])c1)C(F)(F)F. The van der Waals surface area contributed by atoms with Gasteiger partial charge < -0.3 is 10.6 Å². The molecule has 0 saturated carbocycles. The second-order valence-electron chi connectivity index (χ2n) is 4.72. The lowest BCUT2D eigenvalue weighted by atomic mass is 10.1. The molecule has 2 rings (SSSR count). The molecule has 8 heteroatoms. The molecule has 0 spiro atoms. The summed E-state index contributed by atoms with van der Waals surface area (Å²) in [5.74, 6) is 0. The molecule has 1 aliphatic heterocycles. The smallest absolute Gasteiger partial charge is 0.366 e. The molecule has 5 nitrogen and oxygen atoms in total. The molecule has 0 aromatic heterocycles. The average molecular weight is 289 g/mol. The van der Waals surface area contributed by atoms with Crippen LogP contribution in [0.2, 0.25) is 0 Å². The number of nitrogens with zero attached hydrogens (tertiary/aromatic N) is 2. The van der Waals surface area contributed by atoms with E-state index in [1.165, 1.54) is 12.1 Å². The van der Waals surface area contributed by atoms with E-state index in [4.69, 9.17) is 5.73 Å². The maximum absolute atomic E-state index is 12.6. The second-order valence-corrected chi connectivity index (χ2v) is 4.72. The van der Waals surface area contributed by atoms with Crippen molar-refractivity contribution in [3.05, 3.63) is 33.9 Å². The van der Waals surface area contributed by atoms with E-state index in [1.54, 1.807) is 4.90 Å². The molecule has 1 heterocycles. The van der Waals surface area contributed by atoms with Crippen LogP contribution in [0.3, 0.4) is 0 Å². The van der Waals surface area contributed by atoms with Gasteiger partial charge in [-0.15, -0.1) is 0 Å². The molecule has 1 fully saturated rings. The number of nitrogens with two attached hydrogens (primary N) is 1. The Morgan fingerprint density at radius 1 is 1.30 bits per heavy atom. The Kier molecular flexibility index (Phi) is 3.85. The number of halogens is 3. The van der Waals surface area contributed by atoms with Crippen molar-refractivity contribution in [3.8, 4) is 0 Å². The summed E-state index contributed by atoms with van der Waals surface area (Å²) in [7, 11) is 0. The molecule has 0 amide bonds. The van der Waals surface area contributed by atoms with Crippen molar-refractivity contribution in [1.29, 1.82) is 0 Å². The molecule has 1 aromatic carbocycles. The van der Waals surface area contributed by atoms with Gasteiger partial charge in [-0.05, 0) is 24.5 Å². The number of hydrogen-bond donors (Lipinski definition) is 1. The first-order chi connectivity index (χ1) is 9.30. The zero-order chi connectivity index (χ0) is 14.9. The van der Waals surface area contributed by atoms with Crippen molar-refractivity contribution in [3.63, 3.8) is 0 Å². The first kappa shape index (κ1) is 14.6. The van der Waals surface area contributed by atoms with Crippen LogP contribution in [-0.4, -0.2) is 24.2 Å². The first-order valence-corrected chi connectivity index (χ1v) is 6.16. The Bertz CT molecular complexity index is 513. The van der Waals surface area contributed by atoms with Gasteiger partial charge in [0.25, 0.3) is 5.69 Å². The molecular formula is C12H14F3N3O2. The average Bonchev–Trinajstić information content (AvgIpc) is 2.89. The summed E-state index contributed by atoms with van der Waals surface area (Å²) in [6.07, 6.45) is -2.79. The number of nitro benzene ring substituents is 1. The summed E-state index contributed by atoms with van der Waals surface area (Å²) >= 11 is 0. The highest BCUT2D eigenvalue weighted by Crippen LogP contribution is 2.36. The zero-order valence-electron chi connectivity index (χ0n) is 10.6. The van der Waals surface area contributed by atoms with Crippen molar-refractivity contribution < 1.29 is 18.1 Å².